The third-order valence-corrected chi connectivity index (χ3v) is 2.32. The number of halogens is 2. The van der Waals surface area contributed by atoms with Crippen LogP contribution in [0.2, 0.25) is 0 Å². The highest BCUT2D eigenvalue weighted by atomic mass is 19.1. The summed E-state index contributed by atoms with van der Waals surface area (Å²) in [5, 5.41) is 13.0. The largest absolute Gasteiger partial charge is 0.490 e. The highest BCUT2D eigenvalue weighted by molar-refractivity contribution is 5.23. The van der Waals surface area contributed by atoms with E-state index in [2.05, 4.69) is 5.32 Å². The Kier molecular flexibility index (Phi) is 5.50. The van der Waals surface area contributed by atoms with Crippen molar-refractivity contribution in [3.8, 4) is 5.75 Å². The quantitative estimate of drug-likeness (QED) is 0.737. The average molecular weight is 259 g/mol. The molecule has 0 saturated heterocycles. The van der Waals surface area contributed by atoms with Crippen LogP contribution in [-0.2, 0) is 0 Å². The molecule has 1 aromatic rings. The smallest absolute Gasteiger partial charge is 0.129 e. The second-order valence-corrected chi connectivity index (χ2v) is 4.57. The van der Waals surface area contributed by atoms with Gasteiger partial charge in [0.15, 0.2) is 0 Å². The van der Waals surface area contributed by atoms with E-state index in [0.717, 1.165) is 31.2 Å². The number of rotatable bonds is 7. The van der Waals surface area contributed by atoms with E-state index in [1.54, 1.807) is 6.92 Å². The molecule has 5 heteroatoms. The summed E-state index contributed by atoms with van der Waals surface area (Å²) in [4.78, 5) is 0. The van der Waals surface area contributed by atoms with Gasteiger partial charge in [0.05, 0.1) is 0 Å². The van der Waals surface area contributed by atoms with Crippen LogP contribution < -0.4 is 10.1 Å². The van der Waals surface area contributed by atoms with Crippen molar-refractivity contribution < 1.29 is 18.6 Å². The summed E-state index contributed by atoms with van der Waals surface area (Å²) in [7, 11) is 0. The third-order valence-electron chi connectivity index (χ3n) is 2.32. The van der Waals surface area contributed by atoms with Crippen molar-refractivity contribution in [1.82, 2.24) is 5.32 Å². The molecule has 2 N–H and O–H groups in total. The van der Waals surface area contributed by atoms with Gasteiger partial charge >= 0.3 is 0 Å². The Morgan fingerprint density at radius 2 is 1.89 bits per heavy atom. The number of ether oxygens (including phenoxy) is 1. The fourth-order valence-corrected chi connectivity index (χ4v) is 1.44. The van der Waals surface area contributed by atoms with Crippen LogP contribution in [0.4, 0.5) is 8.78 Å². The minimum Gasteiger partial charge on any atom is -0.490 e. The molecule has 102 valence electrons. The van der Waals surface area contributed by atoms with Crippen molar-refractivity contribution in [2.45, 2.75) is 25.9 Å². The van der Waals surface area contributed by atoms with Crippen LogP contribution in [0.1, 0.15) is 20.3 Å². The fourth-order valence-electron chi connectivity index (χ4n) is 1.44. The minimum atomic E-state index is -1.09. The van der Waals surface area contributed by atoms with Gasteiger partial charge in [-0.3, -0.25) is 0 Å². The molecule has 0 saturated carbocycles. The Morgan fingerprint density at radius 3 is 2.44 bits per heavy atom. The Bertz CT molecular complexity index is 363. The molecule has 0 spiro atoms. The average Bonchev–Trinajstić information content (AvgIpc) is 2.25. The lowest BCUT2D eigenvalue weighted by atomic mass is 10.1. The molecule has 1 rings (SSSR count). The summed E-state index contributed by atoms with van der Waals surface area (Å²) in [6, 6.07) is 2.94. The zero-order valence-corrected chi connectivity index (χ0v) is 10.7. The van der Waals surface area contributed by atoms with Crippen LogP contribution in [0.5, 0.6) is 5.75 Å². The van der Waals surface area contributed by atoms with Gasteiger partial charge in [-0.1, -0.05) is 6.92 Å². The van der Waals surface area contributed by atoms with E-state index in [4.69, 9.17) is 4.74 Å². The summed E-state index contributed by atoms with van der Waals surface area (Å²) in [6.45, 7) is 4.75. The van der Waals surface area contributed by atoms with Gasteiger partial charge in [0.2, 0.25) is 0 Å². The van der Waals surface area contributed by atoms with Crippen LogP contribution in [0.25, 0.3) is 0 Å². The van der Waals surface area contributed by atoms with Gasteiger partial charge < -0.3 is 15.2 Å². The van der Waals surface area contributed by atoms with Gasteiger partial charge in [-0.15, -0.1) is 0 Å². The standard InChI is InChI=1S/C13H19F2NO2/c1-3-4-16-8-13(2,17)9-18-12-6-10(14)5-11(15)7-12/h5-7,16-17H,3-4,8-9H2,1-2H3. The third kappa shape index (κ3) is 5.42. The van der Waals surface area contributed by atoms with Crippen LogP contribution in [0.15, 0.2) is 18.2 Å². The molecule has 0 amide bonds. The molecule has 0 bridgehead atoms. The molecular weight excluding hydrogens is 240 g/mol. The molecule has 3 nitrogen and oxygen atoms in total. The molecule has 1 unspecified atom stereocenters. The predicted octanol–water partition coefficient (Wildman–Crippen LogP) is 2.09. The molecule has 0 fully saturated rings. The van der Waals surface area contributed by atoms with Gasteiger partial charge in [-0.05, 0) is 19.9 Å². The summed E-state index contributed by atoms with van der Waals surface area (Å²) >= 11 is 0. The van der Waals surface area contributed by atoms with Gasteiger partial charge in [-0.25, -0.2) is 8.78 Å². The molecule has 18 heavy (non-hydrogen) atoms. The van der Waals surface area contributed by atoms with Crippen molar-refractivity contribution in [3.63, 3.8) is 0 Å². The Balaban J connectivity index is 2.47. The van der Waals surface area contributed by atoms with Gasteiger partial charge in [0, 0.05) is 24.7 Å². The SMILES string of the molecule is CCCNCC(C)(O)COc1cc(F)cc(F)c1. The summed E-state index contributed by atoms with van der Waals surface area (Å²) in [5.41, 5.74) is -1.09. The molecule has 0 radical (unpaired) electrons. The van der Waals surface area contributed by atoms with E-state index in [-0.39, 0.29) is 12.4 Å². The maximum atomic E-state index is 12.9. The molecule has 0 aliphatic carbocycles. The van der Waals surface area contributed by atoms with E-state index in [1.807, 2.05) is 6.92 Å². The molecule has 0 aliphatic rings. The van der Waals surface area contributed by atoms with Crippen molar-refractivity contribution in [1.29, 1.82) is 0 Å². The maximum Gasteiger partial charge on any atom is 0.129 e. The first kappa shape index (κ1) is 14.9. The Hall–Kier alpha value is -1.20. The van der Waals surface area contributed by atoms with Crippen molar-refractivity contribution in [3.05, 3.63) is 29.8 Å². The fraction of sp³-hybridized carbons (Fsp3) is 0.538. The summed E-state index contributed by atoms with van der Waals surface area (Å²) in [6.07, 6.45) is 0.964. The van der Waals surface area contributed by atoms with Gasteiger partial charge in [0.25, 0.3) is 0 Å². The number of hydrogen-bond donors (Lipinski definition) is 2. The second-order valence-electron chi connectivity index (χ2n) is 4.57. The van der Waals surface area contributed by atoms with Gasteiger partial charge in [0.1, 0.15) is 29.6 Å². The highest BCUT2D eigenvalue weighted by Crippen LogP contribution is 2.16. The first-order chi connectivity index (χ1) is 8.43. The molecular formula is C13H19F2NO2. The lowest BCUT2D eigenvalue weighted by Crippen LogP contribution is -2.43. The highest BCUT2D eigenvalue weighted by Gasteiger charge is 2.21. The number of benzene rings is 1. The van der Waals surface area contributed by atoms with Crippen molar-refractivity contribution in [2.75, 3.05) is 19.7 Å². The van der Waals surface area contributed by atoms with E-state index in [1.165, 1.54) is 0 Å². The number of nitrogens with one attached hydrogen (secondary N) is 1. The second kappa shape index (κ2) is 6.66. The van der Waals surface area contributed by atoms with E-state index < -0.39 is 17.2 Å². The first-order valence-corrected chi connectivity index (χ1v) is 5.95. The zero-order chi connectivity index (χ0) is 13.6. The van der Waals surface area contributed by atoms with Crippen LogP contribution in [-0.4, -0.2) is 30.4 Å². The lowest BCUT2D eigenvalue weighted by Gasteiger charge is -2.23. The van der Waals surface area contributed by atoms with Crippen molar-refractivity contribution >= 4 is 0 Å². The lowest BCUT2D eigenvalue weighted by molar-refractivity contribution is 0.0123. The topological polar surface area (TPSA) is 41.5 Å². The molecule has 0 heterocycles. The summed E-state index contributed by atoms with van der Waals surface area (Å²) in [5.74, 6) is -1.33. The minimum absolute atomic E-state index is 0.0351. The molecule has 0 aliphatic heterocycles. The zero-order valence-electron chi connectivity index (χ0n) is 10.7. The van der Waals surface area contributed by atoms with Crippen LogP contribution >= 0.6 is 0 Å². The van der Waals surface area contributed by atoms with Gasteiger partial charge in [-0.2, -0.15) is 0 Å². The Labute approximate surface area is 106 Å². The summed E-state index contributed by atoms with van der Waals surface area (Å²) < 4.78 is 31.0. The predicted molar refractivity (Wildman–Crippen MR) is 65.6 cm³/mol. The van der Waals surface area contributed by atoms with Crippen molar-refractivity contribution in [2.24, 2.45) is 0 Å². The van der Waals surface area contributed by atoms with E-state index >= 15 is 0 Å². The molecule has 0 aromatic heterocycles. The maximum absolute atomic E-state index is 12.9. The number of hydrogen-bond acceptors (Lipinski definition) is 3. The van der Waals surface area contributed by atoms with Crippen LogP contribution in [0.3, 0.4) is 0 Å². The molecule has 1 atom stereocenters. The van der Waals surface area contributed by atoms with Crippen LogP contribution in [0, 0.1) is 11.6 Å². The number of aliphatic hydroxyl groups is 1. The monoisotopic (exact) mass is 259 g/mol. The molecule has 1 aromatic carbocycles. The van der Waals surface area contributed by atoms with E-state index in [9.17, 15) is 13.9 Å². The Morgan fingerprint density at radius 1 is 1.28 bits per heavy atom. The first-order valence-electron chi connectivity index (χ1n) is 5.95. The van der Waals surface area contributed by atoms with E-state index in [0.29, 0.717) is 6.54 Å². The normalized spacial score (nSPS) is 14.3.